The van der Waals surface area contributed by atoms with Crippen molar-refractivity contribution in [2.75, 3.05) is 6.54 Å². The standard InChI is InChI=1S/C18H19N3/c1-3-19-18(17-12-20-13(2)11-21-17)16-9-8-14-6-4-5-7-15(14)10-16/h4-12,18-19H,3H2,1-2H3. The van der Waals surface area contributed by atoms with Crippen LogP contribution in [0.2, 0.25) is 0 Å². The maximum atomic E-state index is 4.53. The van der Waals surface area contributed by atoms with E-state index in [0.717, 1.165) is 17.9 Å². The molecule has 0 fully saturated rings. The summed E-state index contributed by atoms with van der Waals surface area (Å²) in [4.78, 5) is 8.90. The Morgan fingerprint density at radius 3 is 2.52 bits per heavy atom. The van der Waals surface area contributed by atoms with Gasteiger partial charge in [0.1, 0.15) is 0 Å². The van der Waals surface area contributed by atoms with Gasteiger partial charge in [0.25, 0.3) is 0 Å². The zero-order valence-corrected chi connectivity index (χ0v) is 12.4. The van der Waals surface area contributed by atoms with E-state index in [2.05, 4.69) is 64.7 Å². The van der Waals surface area contributed by atoms with Crippen LogP contribution >= 0.6 is 0 Å². The minimum absolute atomic E-state index is 0.0766. The van der Waals surface area contributed by atoms with Crippen molar-refractivity contribution in [1.29, 1.82) is 0 Å². The minimum Gasteiger partial charge on any atom is -0.305 e. The third-order valence-corrected chi connectivity index (χ3v) is 3.61. The zero-order chi connectivity index (χ0) is 14.7. The molecule has 21 heavy (non-hydrogen) atoms. The minimum atomic E-state index is 0.0766. The van der Waals surface area contributed by atoms with Crippen molar-refractivity contribution < 1.29 is 0 Å². The van der Waals surface area contributed by atoms with Crippen molar-refractivity contribution in [1.82, 2.24) is 15.3 Å². The van der Waals surface area contributed by atoms with Gasteiger partial charge in [-0.05, 0) is 35.9 Å². The molecule has 0 amide bonds. The highest BCUT2D eigenvalue weighted by atomic mass is 14.9. The van der Waals surface area contributed by atoms with Crippen molar-refractivity contribution >= 4 is 10.8 Å². The van der Waals surface area contributed by atoms with Crippen molar-refractivity contribution in [3.05, 3.63) is 71.8 Å². The average Bonchev–Trinajstić information content (AvgIpc) is 2.53. The van der Waals surface area contributed by atoms with Gasteiger partial charge in [-0.15, -0.1) is 0 Å². The molecule has 0 saturated carbocycles. The molecule has 1 heterocycles. The van der Waals surface area contributed by atoms with Crippen LogP contribution in [0.25, 0.3) is 10.8 Å². The largest absolute Gasteiger partial charge is 0.305 e. The van der Waals surface area contributed by atoms with E-state index in [4.69, 9.17) is 0 Å². The van der Waals surface area contributed by atoms with Crippen LogP contribution in [0.3, 0.4) is 0 Å². The van der Waals surface area contributed by atoms with Crippen molar-refractivity contribution in [2.45, 2.75) is 19.9 Å². The van der Waals surface area contributed by atoms with Crippen LogP contribution in [0.15, 0.2) is 54.9 Å². The number of hydrogen-bond donors (Lipinski definition) is 1. The van der Waals surface area contributed by atoms with E-state index >= 15 is 0 Å². The lowest BCUT2D eigenvalue weighted by Crippen LogP contribution is -2.23. The summed E-state index contributed by atoms with van der Waals surface area (Å²) in [6.45, 7) is 4.94. The number of nitrogens with zero attached hydrogens (tertiary/aromatic N) is 2. The van der Waals surface area contributed by atoms with E-state index in [-0.39, 0.29) is 6.04 Å². The third kappa shape index (κ3) is 2.93. The first-order valence-corrected chi connectivity index (χ1v) is 7.28. The summed E-state index contributed by atoms with van der Waals surface area (Å²) in [5.74, 6) is 0. The lowest BCUT2D eigenvalue weighted by Gasteiger charge is -2.18. The van der Waals surface area contributed by atoms with E-state index in [0.29, 0.717) is 0 Å². The summed E-state index contributed by atoms with van der Waals surface area (Å²) in [5.41, 5.74) is 3.11. The third-order valence-electron chi connectivity index (χ3n) is 3.61. The van der Waals surface area contributed by atoms with E-state index < -0.39 is 0 Å². The van der Waals surface area contributed by atoms with Crippen LogP contribution in [0.1, 0.15) is 29.9 Å². The van der Waals surface area contributed by atoms with E-state index in [9.17, 15) is 0 Å². The zero-order valence-electron chi connectivity index (χ0n) is 12.4. The molecule has 3 aromatic rings. The molecule has 1 unspecified atom stereocenters. The number of aryl methyl sites for hydroxylation is 1. The molecule has 0 aliphatic heterocycles. The Hall–Kier alpha value is -2.26. The van der Waals surface area contributed by atoms with Gasteiger partial charge in [-0.2, -0.15) is 0 Å². The number of aromatic nitrogens is 2. The molecule has 3 heteroatoms. The Balaban J connectivity index is 2.04. The van der Waals surface area contributed by atoms with Gasteiger partial charge < -0.3 is 5.32 Å². The average molecular weight is 277 g/mol. The number of fused-ring (bicyclic) bond motifs is 1. The normalized spacial score (nSPS) is 12.5. The second-order valence-electron chi connectivity index (χ2n) is 5.18. The van der Waals surface area contributed by atoms with Gasteiger partial charge >= 0.3 is 0 Å². The van der Waals surface area contributed by atoms with E-state index in [1.807, 2.05) is 19.3 Å². The summed E-state index contributed by atoms with van der Waals surface area (Å²) in [7, 11) is 0. The summed E-state index contributed by atoms with van der Waals surface area (Å²) in [6, 6.07) is 15.0. The van der Waals surface area contributed by atoms with Crippen molar-refractivity contribution in [3.63, 3.8) is 0 Å². The van der Waals surface area contributed by atoms with Gasteiger partial charge in [0, 0.05) is 6.20 Å². The smallest absolute Gasteiger partial charge is 0.0801 e. The molecule has 3 nitrogen and oxygen atoms in total. The fraction of sp³-hybridized carbons (Fsp3) is 0.222. The molecule has 0 aliphatic carbocycles. The Kier molecular flexibility index (Phi) is 3.93. The molecule has 0 radical (unpaired) electrons. The maximum absolute atomic E-state index is 4.53. The highest BCUT2D eigenvalue weighted by Crippen LogP contribution is 2.24. The van der Waals surface area contributed by atoms with Gasteiger partial charge in [-0.1, -0.05) is 43.3 Å². The molecule has 0 saturated heterocycles. The Morgan fingerprint density at radius 2 is 1.81 bits per heavy atom. The SMILES string of the molecule is CCNC(c1ccc2ccccc2c1)c1cnc(C)cn1. The molecule has 1 N–H and O–H groups in total. The highest BCUT2D eigenvalue weighted by molar-refractivity contribution is 5.83. The van der Waals surface area contributed by atoms with E-state index in [1.54, 1.807) is 0 Å². The van der Waals surface area contributed by atoms with Crippen LogP contribution in [0.5, 0.6) is 0 Å². The van der Waals surface area contributed by atoms with Gasteiger partial charge in [0.05, 0.1) is 23.6 Å². The molecule has 3 rings (SSSR count). The van der Waals surface area contributed by atoms with Crippen LogP contribution in [-0.4, -0.2) is 16.5 Å². The topological polar surface area (TPSA) is 37.8 Å². The highest BCUT2D eigenvalue weighted by Gasteiger charge is 2.15. The molecule has 1 aromatic heterocycles. The Bertz CT molecular complexity index is 735. The summed E-state index contributed by atoms with van der Waals surface area (Å²) in [6.07, 6.45) is 3.68. The predicted octanol–water partition coefficient (Wildman–Crippen LogP) is 3.64. The molecule has 0 bridgehead atoms. The molecule has 1 atom stereocenters. The molecular formula is C18H19N3. The van der Waals surface area contributed by atoms with Crippen LogP contribution in [-0.2, 0) is 0 Å². The summed E-state index contributed by atoms with van der Waals surface area (Å²) < 4.78 is 0. The molecule has 106 valence electrons. The van der Waals surface area contributed by atoms with Crippen LogP contribution in [0.4, 0.5) is 0 Å². The summed E-state index contributed by atoms with van der Waals surface area (Å²) >= 11 is 0. The predicted molar refractivity (Wildman–Crippen MR) is 86.2 cm³/mol. The Morgan fingerprint density at radius 1 is 1.00 bits per heavy atom. The van der Waals surface area contributed by atoms with Gasteiger partial charge in [-0.3, -0.25) is 9.97 Å². The van der Waals surface area contributed by atoms with Crippen molar-refractivity contribution in [2.24, 2.45) is 0 Å². The number of benzene rings is 2. The molecular weight excluding hydrogens is 258 g/mol. The van der Waals surface area contributed by atoms with Gasteiger partial charge in [-0.25, -0.2) is 0 Å². The molecule has 0 aliphatic rings. The molecule has 2 aromatic carbocycles. The fourth-order valence-electron chi connectivity index (χ4n) is 2.54. The van der Waals surface area contributed by atoms with Crippen LogP contribution < -0.4 is 5.32 Å². The second-order valence-corrected chi connectivity index (χ2v) is 5.18. The second kappa shape index (κ2) is 6.02. The summed E-state index contributed by atoms with van der Waals surface area (Å²) in [5, 5.41) is 6.00. The number of hydrogen-bond acceptors (Lipinski definition) is 3. The first-order valence-electron chi connectivity index (χ1n) is 7.28. The number of rotatable bonds is 4. The monoisotopic (exact) mass is 277 g/mol. The van der Waals surface area contributed by atoms with E-state index in [1.165, 1.54) is 16.3 Å². The van der Waals surface area contributed by atoms with Gasteiger partial charge in [0.2, 0.25) is 0 Å². The quantitative estimate of drug-likeness (QED) is 0.791. The fourth-order valence-corrected chi connectivity index (χ4v) is 2.54. The number of nitrogens with one attached hydrogen (secondary N) is 1. The van der Waals surface area contributed by atoms with Crippen molar-refractivity contribution in [3.8, 4) is 0 Å². The Labute approximate surface area is 125 Å². The first-order chi connectivity index (χ1) is 10.3. The lowest BCUT2D eigenvalue weighted by atomic mass is 10.00. The first kappa shape index (κ1) is 13.7. The maximum Gasteiger partial charge on any atom is 0.0801 e. The lowest BCUT2D eigenvalue weighted by molar-refractivity contribution is 0.612. The van der Waals surface area contributed by atoms with Crippen LogP contribution in [0, 0.1) is 6.92 Å². The van der Waals surface area contributed by atoms with Gasteiger partial charge in [0.15, 0.2) is 0 Å². The molecule has 0 spiro atoms.